The standard InChI is InChI=1S/C27H20F4N4O2/c1-14-12-32-25(34-14)20-9-8-18(21-13-33-26(37)24(20)21)19-7-6-17(11-22(19)28)35-23(36)10-15-2-4-16(5-3-15)27(29,30)31/h2-9,11-12H,10,13H2,1H3,(H,32,34)(H,33,37)(H,35,36). The Balaban J connectivity index is 1.36. The van der Waals surface area contributed by atoms with E-state index in [1.807, 2.05) is 6.92 Å². The van der Waals surface area contributed by atoms with Crippen LogP contribution in [0, 0.1) is 12.7 Å². The van der Waals surface area contributed by atoms with E-state index in [2.05, 4.69) is 20.6 Å². The van der Waals surface area contributed by atoms with Gasteiger partial charge >= 0.3 is 6.18 Å². The van der Waals surface area contributed by atoms with Gasteiger partial charge in [-0.25, -0.2) is 9.37 Å². The number of aryl methyl sites for hydroxylation is 1. The Kier molecular flexibility index (Phi) is 6.02. The topological polar surface area (TPSA) is 86.9 Å². The Labute approximate surface area is 208 Å². The predicted octanol–water partition coefficient (Wildman–Crippen LogP) is 5.63. The summed E-state index contributed by atoms with van der Waals surface area (Å²) in [5.74, 6) is -0.825. The minimum absolute atomic E-state index is 0.170. The molecule has 1 aromatic heterocycles. The third kappa shape index (κ3) is 4.82. The Hall–Kier alpha value is -4.47. The average molecular weight is 508 g/mol. The fourth-order valence-electron chi connectivity index (χ4n) is 4.36. The second-order valence-corrected chi connectivity index (χ2v) is 8.73. The first kappa shape index (κ1) is 24.2. The van der Waals surface area contributed by atoms with Crippen LogP contribution in [0.1, 0.15) is 32.7 Å². The number of fused-ring (bicyclic) bond motifs is 1. The zero-order chi connectivity index (χ0) is 26.3. The number of halogens is 4. The van der Waals surface area contributed by atoms with Gasteiger partial charge in [-0.15, -0.1) is 0 Å². The van der Waals surface area contributed by atoms with Crippen LogP contribution >= 0.6 is 0 Å². The zero-order valence-corrected chi connectivity index (χ0v) is 19.5. The summed E-state index contributed by atoms with van der Waals surface area (Å²) in [7, 11) is 0. The Morgan fingerprint density at radius 2 is 1.73 bits per heavy atom. The molecule has 0 atom stereocenters. The van der Waals surface area contributed by atoms with E-state index in [9.17, 15) is 22.8 Å². The van der Waals surface area contributed by atoms with Crippen LogP contribution < -0.4 is 10.6 Å². The first-order valence-electron chi connectivity index (χ1n) is 11.3. The highest BCUT2D eigenvalue weighted by Gasteiger charge is 2.30. The molecule has 1 aliphatic rings. The summed E-state index contributed by atoms with van der Waals surface area (Å²) in [6, 6.07) is 11.9. The van der Waals surface area contributed by atoms with Crippen molar-refractivity contribution in [2.24, 2.45) is 0 Å². The summed E-state index contributed by atoms with van der Waals surface area (Å²) in [5.41, 5.74) is 3.13. The SMILES string of the molecule is Cc1cnc(-c2ccc(-c3ccc(NC(=O)Cc4ccc(C(F)(F)F)cc4)cc3F)c3c2C(=O)NC3)[nH]1. The largest absolute Gasteiger partial charge is 0.416 e. The minimum Gasteiger partial charge on any atom is -0.348 e. The number of amides is 2. The second-order valence-electron chi connectivity index (χ2n) is 8.73. The fourth-order valence-corrected chi connectivity index (χ4v) is 4.36. The van der Waals surface area contributed by atoms with Gasteiger partial charge in [0.1, 0.15) is 11.6 Å². The quantitative estimate of drug-likeness (QED) is 0.305. The maximum absolute atomic E-state index is 15.2. The lowest BCUT2D eigenvalue weighted by Gasteiger charge is -2.13. The number of rotatable bonds is 5. The van der Waals surface area contributed by atoms with Crippen LogP contribution in [0.3, 0.4) is 0 Å². The lowest BCUT2D eigenvalue weighted by molar-refractivity contribution is -0.137. The third-order valence-corrected chi connectivity index (χ3v) is 6.11. The van der Waals surface area contributed by atoms with Crippen LogP contribution in [0.4, 0.5) is 23.2 Å². The Morgan fingerprint density at radius 1 is 1.03 bits per heavy atom. The number of imidazole rings is 1. The van der Waals surface area contributed by atoms with Crippen molar-refractivity contribution in [2.45, 2.75) is 26.1 Å². The van der Waals surface area contributed by atoms with Gasteiger partial charge in [-0.3, -0.25) is 9.59 Å². The third-order valence-electron chi connectivity index (χ3n) is 6.11. The summed E-state index contributed by atoms with van der Waals surface area (Å²) in [6.45, 7) is 2.09. The molecule has 6 nitrogen and oxygen atoms in total. The lowest BCUT2D eigenvalue weighted by atomic mass is 9.92. The van der Waals surface area contributed by atoms with E-state index in [-0.39, 0.29) is 30.1 Å². The monoisotopic (exact) mass is 508 g/mol. The number of carbonyl (C=O) groups is 2. The number of nitrogens with zero attached hydrogens (tertiary/aromatic N) is 1. The van der Waals surface area contributed by atoms with Crippen LogP contribution in [0.25, 0.3) is 22.5 Å². The van der Waals surface area contributed by atoms with E-state index in [4.69, 9.17) is 0 Å². The molecule has 3 aromatic carbocycles. The number of aromatic nitrogens is 2. The van der Waals surface area contributed by atoms with Crippen LogP contribution in [0.5, 0.6) is 0 Å². The van der Waals surface area contributed by atoms with Crippen molar-refractivity contribution in [3.8, 4) is 22.5 Å². The summed E-state index contributed by atoms with van der Waals surface area (Å²) < 4.78 is 53.3. The predicted molar refractivity (Wildman–Crippen MR) is 129 cm³/mol. The Bertz CT molecular complexity index is 1520. The number of aromatic amines is 1. The summed E-state index contributed by atoms with van der Waals surface area (Å²) in [6.07, 6.45) is -2.97. The lowest BCUT2D eigenvalue weighted by Crippen LogP contribution is -2.15. The average Bonchev–Trinajstić information content (AvgIpc) is 3.45. The van der Waals surface area contributed by atoms with Gasteiger partial charge in [0.25, 0.3) is 5.91 Å². The van der Waals surface area contributed by atoms with Gasteiger partial charge in [0.15, 0.2) is 0 Å². The highest BCUT2D eigenvalue weighted by atomic mass is 19.4. The van der Waals surface area contributed by atoms with Crippen molar-refractivity contribution in [3.05, 3.63) is 94.6 Å². The maximum Gasteiger partial charge on any atom is 0.416 e. The van der Waals surface area contributed by atoms with Gasteiger partial charge in [0.05, 0.1) is 17.5 Å². The highest BCUT2D eigenvalue weighted by molar-refractivity contribution is 6.06. The van der Waals surface area contributed by atoms with Crippen LogP contribution in [0.2, 0.25) is 0 Å². The molecule has 10 heteroatoms. The smallest absolute Gasteiger partial charge is 0.348 e. The molecule has 0 fully saturated rings. The second kappa shape index (κ2) is 9.20. The number of anilines is 1. The molecule has 3 N–H and O–H groups in total. The molecule has 0 saturated heterocycles. The van der Waals surface area contributed by atoms with E-state index in [1.165, 1.54) is 30.3 Å². The van der Waals surface area contributed by atoms with Crippen molar-refractivity contribution in [1.82, 2.24) is 15.3 Å². The van der Waals surface area contributed by atoms with Crippen molar-refractivity contribution < 1.29 is 27.2 Å². The van der Waals surface area contributed by atoms with Crippen LogP contribution in [0.15, 0.2) is 60.8 Å². The summed E-state index contributed by atoms with van der Waals surface area (Å²) in [4.78, 5) is 32.4. The number of nitrogens with one attached hydrogen (secondary N) is 3. The van der Waals surface area contributed by atoms with Gasteiger partial charge in [-0.1, -0.05) is 18.2 Å². The molecule has 0 spiro atoms. The van der Waals surface area contributed by atoms with Crippen molar-refractivity contribution in [3.63, 3.8) is 0 Å². The molecule has 188 valence electrons. The molecule has 2 amide bonds. The van der Waals surface area contributed by atoms with Gasteiger partial charge in [0.2, 0.25) is 5.91 Å². The highest BCUT2D eigenvalue weighted by Crippen LogP contribution is 2.37. The summed E-state index contributed by atoms with van der Waals surface area (Å²) >= 11 is 0. The minimum atomic E-state index is -4.46. The number of alkyl halides is 3. The molecule has 0 aliphatic carbocycles. The van der Waals surface area contributed by atoms with E-state index in [0.717, 1.165) is 17.8 Å². The number of H-pyrrole nitrogens is 1. The van der Waals surface area contributed by atoms with Gasteiger partial charge < -0.3 is 15.6 Å². The molecule has 2 heterocycles. The molecule has 0 saturated carbocycles. The van der Waals surface area contributed by atoms with E-state index >= 15 is 4.39 Å². The maximum atomic E-state index is 15.2. The normalized spacial score (nSPS) is 12.8. The molecule has 0 unspecified atom stereocenters. The molecule has 4 aromatic rings. The fraction of sp³-hybridized carbons (Fsp3) is 0.148. The molecule has 0 radical (unpaired) electrons. The molecule has 1 aliphatic heterocycles. The number of hydrogen-bond acceptors (Lipinski definition) is 3. The van der Waals surface area contributed by atoms with Crippen LogP contribution in [-0.2, 0) is 23.9 Å². The van der Waals surface area contributed by atoms with E-state index < -0.39 is 23.5 Å². The first-order valence-corrected chi connectivity index (χ1v) is 11.3. The number of hydrogen-bond donors (Lipinski definition) is 3. The molecular formula is C27H20F4N4O2. The van der Waals surface area contributed by atoms with E-state index in [1.54, 1.807) is 18.3 Å². The van der Waals surface area contributed by atoms with Gasteiger partial charge in [-0.2, -0.15) is 13.2 Å². The van der Waals surface area contributed by atoms with Crippen molar-refractivity contribution >= 4 is 17.5 Å². The van der Waals surface area contributed by atoms with E-state index in [0.29, 0.717) is 33.6 Å². The molecular weight excluding hydrogens is 488 g/mol. The Morgan fingerprint density at radius 3 is 2.38 bits per heavy atom. The molecule has 0 bridgehead atoms. The van der Waals surface area contributed by atoms with Crippen LogP contribution in [-0.4, -0.2) is 21.8 Å². The van der Waals surface area contributed by atoms with Crippen molar-refractivity contribution in [2.75, 3.05) is 5.32 Å². The van der Waals surface area contributed by atoms with Gasteiger partial charge in [0, 0.05) is 35.2 Å². The molecule has 5 rings (SSSR count). The first-order chi connectivity index (χ1) is 17.6. The van der Waals surface area contributed by atoms with Gasteiger partial charge in [-0.05, 0) is 60.0 Å². The molecule has 37 heavy (non-hydrogen) atoms. The van der Waals surface area contributed by atoms with Crippen molar-refractivity contribution in [1.29, 1.82) is 0 Å². The number of carbonyl (C=O) groups excluding carboxylic acids is 2. The number of benzene rings is 3. The zero-order valence-electron chi connectivity index (χ0n) is 19.5. The summed E-state index contributed by atoms with van der Waals surface area (Å²) in [5, 5.41) is 5.35.